The van der Waals surface area contributed by atoms with E-state index in [9.17, 15) is 4.79 Å². The molecule has 2 aromatic rings. The van der Waals surface area contributed by atoms with E-state index in [4.69, 9.17) is 4.42 Å². The smallest absolute Gasteiger partial charge is 0.322 e. The number of carbonyl (C=O) groups excluding carboxylic acids is 1. The lowest BCUT2D eigenvalue weighted by Crippen LogP contribution is -2.12. The molecular formula is C16H19N3O2. The van der Waals surface area contributed by atoms with Gasteiger partial charge in [0.15, 0.2) is 0 Å². The normalized spacial score (nSPS) is 15.9. The van der Waals surface area contributed by atoms with Crippen LogP contribution in [0.3, 0.4) is 0 Å². The molecular weight excluding hydrogens is 266 g/mol. The Morgan fingerprint density at radius 1 is 1.24 bits per heavy atom. The number of amides is 1. The standard InChI is InChI=1S/C16H19N3O2/c1-11-6-5-9-13(10-11)14(20)17-16-19-18-15(21-16)12-7-3-2-4-8-12/h5-6,9-10,12H,2-4,7-8H2,1H3,(H,17,19,20). The Morgan fingerprint density at radius 2 is 2.05 bits per heavy atom. The molecule has 0 unspecified atom stereocenters. The van der Waals surface area contributed by atoms with Crippen LogP contribution in [0, 0.1) is 6.92 Å². The lowest BCUT2D eigenvalue weighted by molar-refractivity contribution is 0.102. The minimum atomic E-state index is -0.224. The summed E-state index contributed by atoms with van der Waals surface area (Å²) in [7, 11) is 0. The minimum absolute atomic E-state index is 0.182. The van der Waals surface area contributed by atoms with E-state index in [0.717, 1.165) is 18.4 Å². The molecule has 3 rings (SSSR count). The van der Waals surface area contributed by atoms with Crippen LogP contribution in [0.15, 0.2) is 28.7 Å². The number of hydrogen-bond donors (Lipinski definition) is 1. The topological polar surface area (TPSA) is 68.0 Å². The van der Waals surface area contributed by atoms with Crippen molar-refractivity contribution in [2.45, 2.75) is 44.9 Å². The first-order valence-electron chi connectivity index (χ1n) is 7.44. The molecule has 110 valence electrons. The van der Waals surface area contributed by atoms with Gasteiger partial charge in [0, 0.05) is 11.5 Å². The van der Waals surface area contributed by atoms with Gasteiger partial charge < -0.3 is 4.42 Å². The van der Waals surface area contributed by atoms with Crippen LogP contribution in [0.2, 0.25) is 0 Å². The van der Waals surface area contributed by atoms with Crippen molar-refractivity contribution in [1.29, 1.82) is 0 Å². The summed E-state index contributed by atoms with van der Waals surface area (Å²) in [6, 6.07) is 7.58. The first kappa shape index (κ1) is 13.8. The molecule has 0 bridgehead atoms. The number of anilines is 1. The van der Waals surface area contributed by atoms with E-state index in [1.807, 2.05) is 25.1 Å². The van der Waals surface area contributed by atoms with E-state index < -0.39 is 0 Å². The van der Waals surface area contributed by atoms with Crippen molar-refractivity contribution < 1.29 is 9.21 Å². The summed E-state index contributed by atoms with van der Waals surface area (Å²) in [6.07, 6.45) is 5.87. The summed E-state index contributed by atoms with van der Waals surface area (Å²) in [5.41, 5.74) is 1.63. The van der Waals surface area contributed by atoms with Gasteiger partial charge in [-0.15, -0.1) is 5.10 Å². The third-order valence-electron chi connectivity index (χ3n) is 3.90. The van der Waals surface area contributed by atoms with Gasteiger partial charge in [0.1, 0.15) is 0 Å². The zero-order chi connectivity index (χ0) is 14.7. The second-order valence-corrected chi connectivity index (χ2v) is 5.60. The Balaban J connectivity index is 1.68. The monoisotopic (exact) mass is 285 g/mol. The predicted molar refractivity (Wildman–Crippen MR) is 79.3 cm³/mol. The summed E-state index contributed by atoms with van der Waals surface area (Å²) in [6.45, 7) is 1.95. The van der Waals surface area contributed by atoms with Gasteiger partial charge in [-0.05, 0) is 31.9 Å². The number of nitrogens with zero attached hydrogens (tertiary/aromatic N) is 2. The van der Waals surface area contributed by atoms with Gasteiger partial charge in [-0.1, -0.05) is 42.1 Å². The molecule has 0 spiro atoms. The number of aromatic nitrogens is 2. The molecule has 1 aliphatic carbocycles. The van der Waals surface area contributed by atoms with Gasteiger partial charge in [0.2, 0.25) is 5.89 Å². The first-order valence-corrected chi connectivity index (χ1v) is 7.44. The molecule has 1 N–H and O–H groups in total. The van der Waals surface area contributed by atoms with Crippen LogP contribution in [0.5, 0.6) is 0 Å². The number of benzene rings is 1. The summed E-state index contributed by atoms with van der Waals surface area (Å²) >= 11 is 0. The van der Waals surface area contributed by atoms with Gasteiger partial charge in [-0.3, -0.25) is 10.1 Å². The maximum Gasteiger partial charge on any atom is 0.322 e. The second-order valence-electron chi connectivity index (χ2n) is 5.60. The fraction of sp³-hybridized carbons (Fsp3) is 0.438. The molecule has 0 aliphatic heterocycles. The summed E-state index contributed by atoms with van der Waals surface area (Å²) in [5.74, 6) is 0.766. The van der Waals surface area contributed by atoms with Crippen LogP contribution in [-0.2, 0) is 0 Å². The van der Waals surface area contributed by atoms with Crippen LogP contribution in [-0.4, -0.2) is 16.1 Å². The molecule has 1 aromatic carbocycles. The third-order valence-corrected chi connectivity index (χ3v) is 3.90. The van der Waals surface area contributed by atoms with Crippen molar-refractivity contribution in [2.24, 2.45) is 0 Å². The lowest BCUT2D eigenvalue weighted by Gasteiger charge is -2.17. The fourth-order valence-corrected chi connectivity index (χ4v) is 2.76. The highest BCUT2D eigenvalue weighted by atomic mass is 16.4. The quantitative estimate of drug-likeness (QED) is 0.934. The summed E-state index contributed by atoms with van der Waals surface area (Å²) in [4.78, 5) is 12.1. The van der Waals surface area contributed by atoms with Crippen molar-refractivity contribution in [3.05, 3.63) is 41.3 Å². The molecule has 0 radical (unpaired) electrons. The lowest BCUT2D eigenvalue weighted by atomic mass is 9.89. The van der Waals surface area contributed by atoms with Crippen molar-refractivity contribution in [2.75, 3.05) is 5.32 Å². The molecule has 1 fully saturated rings. The van der Waals surface area contributed by atoms with E-state index in [1.54, 1.807) is 6.07 Å². The van der Waals surface area contributed by atoms with Crippen molar-refractivity contribution in [3.63, 3.8) is 0 Å². The van der Waals surface area contributed by atoms with Crippen LogP contribution in [0.1, 0.15) is 59.8 Å². The highest BCUT2D eigenvalue weighted by Gasteiger charge is 2.21. The van der Waals surface area contributed by atoms with Gasteiger partial charge in [0.05, 0.1) is 0 Å². The molecule has 1 heterocycles. The third kappa shape index (κ3) is 3.29. The highest BCUT2D eigenvalue weighted by molar-refractivity contribution is 6.03. The highest BCUT2D eigenvalue weighted by Crippen LogP contribution is 2.32. The van der Waals surface area contributed by atoms with E-state index >= 15 is 0 Å². The maximum absolute atomic E-state index is 12.1. The fourth-order valence-electron chi connectivity index (χ4n) is 2.76. The molecule has 1 aliphatic rings. The minimum Gasteiger partial charge on any atom is -0.408 e. The molecule has 21 heavy (non-hydrogen) atoms. The van der Waals surface area contributed by atoms with E-state index in [1.165, 1.54) is 19.3 Å². The molecule has 0 saturated heterocycles. The average molecular weight is 285 g/mol. The molecule has 1 saturated carbocycles. The number of rotatable bonds is 3. The average Bonchev–Trinajstić information content (AvgIpc) is 2.97. The Kier molecular flexibility index (Phi) is 3.99. The van der Waals surface area contributed by atoms with Crippen LogP contribution in [0.4, 0.5) is 6.01 Å². The first-order chi connectivity index (χ1) is 10.2. The molecule has 1 aromatic heterocycles. The van der Waals surface area contributed by atoms with Gasteiger partial charge in [-0.25, -0.2) is 0 Å². The maximum atomic E-state index is 12.1. The van der Waals surface area contributed by atoms with Gasteiger partial charge in [-0.2, -0.15) is 0 Å². The van der Waals surface area contributed by atoms with Crippen LogP contribution >= 0.6 is 0 Å². The molecule has 1 amide bonds. The molecule has 5 heteroatoms. The number of carbonyl (C=O) groups is 1. The Bertz CT molecular complexity index is 630. The van der Waals surface area contributed by atoms with Crippen molar-refractivity contribution >= 4 is 11.9 Å². The van der Waals surface area contributed by atoms with E-state index in [-0.39, 0.29) is 11.9 Å². The number of nitrogens with one attached hydrogen (secondary N) is 1. The second kappa shape index (κ2) is 6.08. The van der Waals surface area contributed by atoms with E-state index in [2.05, 4.69) is 15.5 Å². The zero-order valence-corrected chi connectivity index (χ0v) is 12.1. The Hall–Kier alpha value is -2.17. The predicted octanol–water partition coefficient (Wildman–Crippen LogP) is 3.68. The van der Waals surface area contributed by atoms with Crippen molar-refractivity contribution in [1.82, 2.24) is 10.2 Å². The number of hydrogen-bond acceptors (Lipinski definition) is 4. The molecule has 0 atom stereocenters. The van der Waals surface area contributed by atoms with Crippen LogP contribution in [0.25, 0.3) is 0 Å². The van der Waals surface area contributed by atoms with Gasteiger partial charge in [0.25, 0.3) is 5.91 Å². The van der Waals surface area contributed by atoms with Crippen molar-refractivity contribution in [3.8, 4) is 0 Å². The molecule has 5 nitrogen and oxygen atoms in total. The van der Waals surface area contributed by atoms with Crippen LogP contribution < -0.4 is 5.32 Å². The van der Waals surface area contributed by atoms with Gasteiger partial charge >= 0.3 is 6.01 Å². The number of aryl methyl sites for hydroxylation is 1. The largest absolute Gasteiger partial charge is 0.408 e. The summed E-state index contributed by atoms with van der Waals surface area (Å²) in [5, 5.41) is 10.7. The summed E-state index contributed by atoms with van der Waals surface area (Å²) < 4.78 is 5.59. The Morgan fingerprint density at radius 3 is 2.81 bits per heavy atom. The SMILES string of the molecule is Cc1cccc(C(=O)Nc2nnc(C3CCCCC3)o2)c1. The Labute approximate surface area is 123 Å². The zero-order valence-electron chi connectivity index (χ0n) is 12.1. The van der Waals surface area contributed by atoms with E-state index in [0.29, 0.717) is 17.4 Å².